The summed E-state index contributed by atoms with van der Waals surface area (Å²) in [5.74, 6) is -0.565. The second-order valence-electron chi connectivity index (χ2n) is 3.42. The average molecular weight is 247 g/mol. The van der Waals surface area contributed by atoms with Crippen molar-refractivity contribution < 1.29 is 18.0 Å². The number of amides is 1. The second-order valence-corrected chi connectivity index (χ2v) is 3.42. The Morgan fingerprint density at radius 3 is 2.76 bits per heavy atom. The Bertz CT molecular complexity index is 393. The lowest BCUT2D eigenvalue weighted by Gasteiger charge is -2.08. The first kappa shape index (κ1) is 13.3. The zero-order chi connectivity index (χ0) is 12.9. The molecular weight excluding hydrogens is 235 g/mol. The smallest absolute Gasteiger partial charge is 0.389 e. The number of hydrogen-bond donors (Lipinski definition) is 2. The Labute approximate surface area is 96.0 Å². The van der Waals surface area contributed by atoms with E-state index in [1.807, 2.05) is 0 Å². The van der Waals surface area contributed by atoms with Gasteiger partial charge >= 0.3 is 6.18 Å². The summed E-state index contributed by atoms with van der Waals surface area (Å²) in [6, 6.07) is 3.06. The molecule has 0 atom stereocenters. The maximum atomic E-state index is 11.8. The van der Waals surface area contributed by atoms with Gasteiger partial charge in [0, 0.05) is 19.2 Å². The minimum absolute atomic E-state index is 0.0273. The maximum Gasteiger partial charge on any atom is 0.389 e. The standard InChI is InChI=1S/C10H12F3N3O/c11-10(12,13)4-2-6-16-9(17)8-7(14)3-1-5-15-8/h1,3,5H,2,4,6,14H2,(H,16,17). The van der Waals surface area contributed by atoms with Crippen molar-refractivity contribution in [1.29, 1.82) is 0 Å². The van der Waals surface area contributed by atoms with Crippen molar-refractivity contribution in [1.82, 2.24) is 10.3 Å². The van der Waals surface area contributed by atoms with Gasteiger partial charge in [-0.05, 0) is 18.6 Å². The van der Waals surface area contributed by atoms with E-state index in [-0.39, 0.29) is 24.3 Å². The summed E-state index contributed by atoms with van der Waals surface area (Å²) >= 11 is 0. The van der Waals surface area contributed by atoms with Gasteiger partial charge in [-0.15, -0.1) is 0 Å². The molecule has 0 saturated heterocycles. The van der Waals surface area contributed by atoms with Crippen LogP contribution >= 0.6 is 0 Å². The summed E-state index contributed by atoms with van der Waals surface area (Å²) in [6.45, 7) is -0.0612. The van der Waals surface area contributed by atoms with Crippen LogP contribution in [0.4, 0.5) is 18.9 Å². The fourth-order valence-electron chi connectivity index (χ4n) is 1.18. The van der Waals surface area contributed by atoms with Crippen LogP contribution in [0.1, 0.15) is 23.3 Å². The topological polar surface area (TPSA) is 68.0 Å². The minimum atomic E-state index is -4.20. The van der Waals surface area contributed by atoms with Crippen LogP contribution in [0.2, 0.25) is 0 Å². The highest BCUT2D eigenvalue weighted by atomic mass is 19.4. The van der Waals surface area contributed by atoms with Gasteiger partial charge < -0.3 is 11.1 Å². The molecule has 0 unspecified atom stereocenters. The Morgan fingerprint density at radius 2 is 2.18 bits per heavy atom. The van der Waals surface area contributed by atoms with Crippen LogP contribution in [0.3, 0.4) is 0 Å². The first-order valence-electron chi connectivity index (χ1n) is 4.95. The molecule has 0 radical (unpaired) electrons. The average Bonchev–Trinajstić information content (AvgIpc) is 2.23. The molecule has 0 fully saturated rings. The molecule has 0 aliphatic rings. The fourth-order valence-corrected chi connectivity index (χ4v) is 1.18. The number of carbonyl (C=O) groups is 1. The number of nitrogen functional groups attached to an aromatic ring is 1. The van der Waals surface area contributed by atoms with Crippen molar-refractivity contribution in [2.45, 2.75) is 19.0 Å². The molecule has 3 N–H and O–H groups in total. The predicted octanol–water partition coefficient (Wildman–Crippen LogP) is 1.74. The molecule has 17 heavy (non-hydrogen) atoms. The van der Waals surface area contributed by atoms with Crippen LogP contribution in [-0.4, -0.2) is 23.6 Å². The summed E-state index contributed by atoms with van der Waals surface area (Å²) in [7, 11) is 0. The van der Waals surface area contributed by atoms with E-state index >= 15 is 0 Å². The minimum Gasteiger partial charge on any atom is -0.397 e. The highest BCUT2D eigenvalue weighted by molar-refractivity contribution is 5.96. The maximum absolute atomic E-state index is 11.8. The van der Waals surface area contributed by atoms with Crippen molar-refractivity contribution in [3.63, 3.8) is 0 Å². The van der Waals surface area contributed by atoms with E-state index in [0.29, 0.717) is 0 Å². The van der Waals surface area contributed by atoms with E-state index in [1.54, 1.807) is 6.07 Å². The molecule has 4 nitrogen and oxygen atoms in total. The summed E-state index contributed by atoms with van der Waals surface area (Å²) in [5.41, 5.74) is 5.71. The van der Waals surface area contributed by atoms with Gasteiger partial charge in [0.1, 0.15) is 0 Å². The third kappa shape index (κ3) is 4.71. The van der Waals surface area contributed by atoms with Crippen molar-refractivity contribution in [2.75, 3.05) is 12.3 Å². The number of aromatic nitrogens is 1. The van der Waals surface area contributed by atoms with E-state index in [1.165, 1.54) is 12.3 Å². The zero-order valence-electron chi connectivity index (χ0n) is 8.92. The Hall–Kier alpha value is -1.79. The van der Waals surface area contributed by atoms with Gasteiger partial charge in [0.2, 0.25) is 0 Å². The lowest BCUT2D eigenvalue weighted by atomic mass is 10.2. The van der Waals surface area contributed by atoms with Crippen molar-refractivity contribution >= 4 is 11.6 Å². The lowest BCUT2D eigenvalue weighted by Crippen LogP contribution is -2.27. The molecule has 0 aromatic carbocycles. The summed E-state index contributed by atoms with van der Waals surface area (Å²) in [4.78, 5) is 15.2. The van der Waals surface area contributed by atoms with Crippen molar-refractivity contribution in [3.8, 4) is 0 Å². The van der Waals surface area contributed by atoms with E-state index in [9.17, 15) is 18.0 Å². The highest BCUT2D eigenvalue weighted by Crippen LogP contribution is 2.20. The largest absolute Gasteiger partial charge is 0.397 e. The quantitative estimate of drug-likeness (QED) is 0.796. The Balaban J connectivity index is 2.39. The molecule has 1 aromatic rings. The third-order valence-electron chi connectivity index (χ3n) is 1.98. The molecule has 0 spiro atoms. The van der Waals surface area contributed by atoms with Crippen LogP contribution in [0.15, 0.2) is 18.3 Å². The number of rotatable bonds is 4. The van der Waals surface area contributed by atoms with Gasteiger partial charge in [-0.2, -0.15) is 13.2 Å². The molecule has 1 heterocycles. The van der Waals surface area contributed by atoms with Gasteiger partial charge in [-0.3, -0.25) is 4.79 Å². The molecule has 94 valence electrons. The molecule has 1 amide bonds. The fraction of sp³-hybridized carbons (Fsp3) is 0.400. The second kappa shape index (κ2) is 5.51. The number of anilines is 1. The number of alkyl halides is 3. The van der Waals surface area contributed by atoms with Gasteiger partial charge in [-0.25, -0.2) is 4.98 Å². The lowest BCUT2D eigenvalue weighted by molar-refractivity contribution is -0.135. The molecular formula is C10H12F3N3O. The van der Waals surface area contributed by atoms with Gasteiger partial charge in [0.15, 0.2) is 5.69 Å². The van der Waals surface area contributed by atoms with E-state index in [4.69, 9.17) is 5.73 Å². The highest BCUT2D eigenvalue weighted by Gasteiger charge is 2.26. The first-order valence-corrected chi connectivity index (χ1v) is 4.95. The van der Waals surface area contributed by atoms with Crippen LogP contribution in [0.25, 0.3) is 0 Å². The Morgan fingerprint density at radius 1 is 1.47 bits per heavy atom. The summed E-state index contributed by atoms with van der Waals surface area (Å²) < 4.78 is 35.5. The van der Waals surface area contributed by atoms with Gasteiger partial charge in [0.05, 0.1) is 5.69 Å². The number of nitrogens with zero attached hydrogens (tertiary/aromatic N) is 1. The van der Waals surface area contributed by atoms with Crippen LogP contribution in [0, 0.1) is 0 Å². The van der Waals surface area contributed by atoms with E-state index in [0.717, 1.165) is 0 Å². The molecule has 0 aliphatic heterocycles. The molecule has 0 aliphatic carbocycles. The number of hydrogen-bond acceptors (Lipinski definition) is 3. The zero-order valence-corrected chi connectivity index (χ0v) is 8.92. The van der Waals surface area contributed by atoms with Gasteiger partial charge in [0.25, 0.3) is 5.91 Å². The predicted molar refractivity (Wildman–Crippen MR) is 56.3 cm³/mol. The number of pyridine rings is 1. The SMILES string of the molecule is Nc1cccnc1C(=O)NCCCC(F)(F)F. The van der Waals surface area contributed by atoms with Gasteiger partial charge in [-0.1, -0.05) is 0 Å². The van der Waals surface area contributed by atoms with E-state index < -0.39 is 18.5 Å². The Kier molecular flexibility index (Phi) is 4.30. The third-order valence-corrected chi connectivity index (χ3v) is 1.98. The summed E-state index contributed by atoms with van der Waals surface area (Å²) in [6.07, 6.45) is -3.90. The summed E-state index contributed by atoms with van der Waals surface area (Å²) in [5, 5.41) is 2.33. The number of nitrogens with one attached hydrogen (secondary N) is 1. The van der Waals surface area contributed by atoms with E-state index in [2.05, 4.69) is 10.3 Å². The van der Waals surface area contributed by atoms with Crippen molar-refractivity contribution in [3.05, 3.63) is 24.0 Å². The molecule has 7 heteroatoms. The van der Waals surface area contributed by atoms with Crippen LogP contribution in [-0.2, 0) is 0 Å². The molecule has 0 saturated carbocycles. The first-order chi connectivity index (χ1) is 7.90. The van der Waals surface area contributed by atoms with Crippen LogP contribution in [0.5, 0.6) is 0 Å². The monoisotopic (exact) mass is 247 g/mol. The normalized spacial score (nSPS) is 11.2. The number of nitrogens with two attached hydrogens (primary N) is 1. The van der Waals surface area contributed by atoms with Crippen molar-refractivity contribution in [2.24, 2.45) is 0 Å². The molecule has 0 bridgehead atoms. The molecule has 1 rings (SSSR count). The van der Waals surface area contributed by atoms with Crippen LogP contribution < -0.4 is 11.1 Å². The number of halogens is 3. The molecule has 1 aromatic heterocycles. The number of carbonyl (C=O) groups excluding carboxylic acids is 1.